The molecule has 0 saturated heterocycles. The second-order valence-electron chi connectivity index (χ2n) is 6.87. The molecule has 0 aliphatic heterocycles. The number of fused-ring (bicyclic) bond motifs is 1. The van der Waals surface area contributed by atoms with E-state index in [2.05, 4.69) is 15.3 Å². The first kappa shape index (κ1) is 20.6. The lowest BCUT2D eigenvalue weighted by Crippen LogP contribution is -2.23. The maximum Gasteiger partial charge on any atom is 0.259 e. The van der Waals surface area contributed by atoms with Crippen molar-refractivity contribution in [2.45, 2.75) is 33.2 Å². The molecule has 3 heterocycles. The summed E-state index contributed by atoms with van der Waals surface area (Å²) in [5.74, 6) is 0.403. The molecule has 0 bridgehead atoms. The van der Waals surface area contributed by atoms with Gasteiger partial charge in [-0.3, -0.25) is 19.0 Å². The Kier molecular flexibility index (Phi) is 6.31. The quantitative estimate of drug-likeness (QED) is 0.652. The van der Waals surface area contributed by atoms with Gasteiger partial charge in [-0.25, -0.2) is 9.37 Å². The second-order valence-corrected chi connectivity index (χ2v) is 6.87. The Morgan fingerprint density at radius 1 is 1.28 bits per heavy atom. The molecule has 1 aliphatic rings. The van der Waals surface area contributed by atoms with Crippen LogP contribution in [-0.4, -0.2) is 27.6 Å². The molecule has 3 aromatic rings. The van der Waals surface area contributed by atoms with E-state index in [1.165, 1.54) is 13.1 Å². The van der Waals surface area contributed by atoms with Gasteiger partial charge >= 0.3 is 0 Å². The summed E-state index contributed by atoms with van der Waals surface area (Å²) in [6.45, 7) is 3.44. The Morgan fingerprint density at radius 3 is 2.66 bits per heavy atom. The Bertz CT molecular complexity index is 1100. The number of aromatic nitrogens is 3. The summed E-state index contributed by atoms with van der Waals surface area (Å²) in [4.78, 5) is 32.0. The number of rotatable bonds is 5. The highest BCUT2D eigenvalue weighted by Gasteiger charge is 2.24. The summed E-state index contributed by atoms with van der Waals surface area (Å²) in [6.07, 6.45) is 6.98. The first-order valence-electron chi connectivity index (χ1n) is 9.40. The number of alkyl halides is 1. The third kappa shape index (κ3) is 4.47. The molecule has 0 radical (unpaired) electrons. The van der Waals surface area contributed by atoms with Gasteiger partial charge in [-0.15, -0.1) is 0 Å². The number of halogens is 2. The molecule has 0 atom stereocenters. The normalized spacial score (nSPS) is 13.0. The predicted molar refractivity (Wildman–Crippen MR) is 110 cm³/mol. The highest BCUT2D eigenvalue weighted by atomic mass is 19.1. The van der Waals surface area contributed by atoms with Crippen molar-refractivity contribution in [1.29, 1.82) is 0 Å². The van der Waals surface area contributed by atoms with E-state index in [0.29, 0.717) is 46.9 Å². The maximum atomic E-state index is 13.9. The standard InChI is InChI=1S/C19H17FN4O2.C2H5F.H2/c1-11-15(7-21-8-16(11)20)14-4-13-6-22-18(23-10-25)5-17(13)24(19(14)26)9-12-2-3-12;1-2-3;/h4-8,10,12H,2-3,9H2,1H3,(H,22,23,25);2H2,1H3;1H. The van der Waals surface area contributed by atoms with E-state index in [1.54, 1.807) is 29.8 Å². The summed E-state index contributed by atoms with van der Waals surface area (Å²) in [5, 5.41) is 3.26. The minimum absolute atomic E-state index is 0. The van der Waals surface area contributed by atoms with Gasteiger partial charge in [0, 0.05) is 42.9 Å². The van der Waals surface area contributed by atoms with Crippen LogP contribution in [0, 0.1) is 18.7 Å². The summed E-state index contributed by atoms with van der Waals surface area (Å²) in [7, 11) is 0. The molecule has 6 nitrogen and oxygen atoms in total. The summed E-state index contributed by atoms with van der Waals surface area (Å²) in [5.41, 5.74) is 1.79. The fraction of sp³-hybridized carbons (Fsp3) is 0.333. The Morgan fingerprint density at radius 2 is 2.00 bits per heavy atom. The van der Waals surface area contributed by atoms with Crippen LogP contribution in [0.1, 0.15) is 26.8 Å². The van der Waals surface area contributed by atoms with E-state index in [1.807, 2.05) is 0 Å². The van der Waals surface area contributed by atoms with Crippen LogP contribution in [0.3, 0.4) is 0 Å². The van der Waals surface area contributed by atoms with Crippen molar-refractivity contribution >= 4 is 23.1 Å². The van der Waals surface area contributed by atoms with Gasteiger partial charge in [-0.1, -0.05) is 0 Å². The Labute approximate surface area is 168 Å². The van der Waals surface area contributed by atoms with Gasteiger partial charge < -0.3 is 9.88 Å². The van der Waals surface area contributed by atoms with Crippen molar-refractivity contribution in [2.75, 3.05) is 12.0 Å². The second kappa shape index (κ2) is 8.89. The Balaban J connectivity index is 0.000000757. The number of nitrogens with zero attached hydrogens (tertiary/aromatic N) is 3. The van der Waals surface area contributed by atoms with E-state index >= 15 is 0 Å². The average Bonchev–Trinajstić information content (AvgIpc) is 3.52. The fourth-order valence-electron chi connectivity index (χ4n) is 3.12. The van der Waals surface area contributed by atoms with Crippen LogP contribution in [0.4, 0.5) is 14.6 Å². The van der Waals surface area contributed by atoms with Gasteiger partial charge in [-0.05, 0) is 44.2 Å². The largest absolute Gasteiger partial charge is 0.313 e. The topological polar surface area (TPSA) is 76.9 Å². The zero-order chi connectivity index (χ0) is 21.0. The molecule has 0 aromatic carbocycles. The van der Waals surface area contributed by atoms with Gasteiger partial charge in [0.15, 0.2) is 0 Å². The number of carbonyl (C=O) groups is 1. The third-order valence-corrected chi connectivity index (χ3v) is 4.77. The lowest BCUT2D eigenvalue weighted by molar-refractivity contribution is -0.105. The van der Waals surface area contributed by atoms with Crippen molar-refractivity contribution in [3.05, 3.63) is 52.5 Å². The summed E-state index contributed by atoms with van der Waals surface area (Å²) < 4.78 is 25.9. The SMILES string of the molecule is CCF.Cc1c(F)cncc1-c1cc2cnc(NC=O)cc2n(CC2CC2)c1=O.[HH]. The number of hydrogen-bond acceptors (Lipinski definition) is 4. The summed E-state index contributed by atoms with van der Waals surface area (Å²) in [6, 6.07) is 3.40. The lowest BCUT2D eigenvalue weighted by Gasteiger charge is -2.14. The van der Waals surface area contributed by atoms with Crippen LogP contribution in [0.15, 0.2) is 35.5 Å². The molecular weight excluding hydrogens is 378 g/mol. The molecule has 4 rings (SSSR count). The third-order valence-electron chi connectivity index (χ3n) is 4.77. The monoisotopic (exact) mass is 402 g/mol. The van der Waals surface area contributed by atoms with Crippen molar-refractivity contribution < 1.29 is 15.0 Å². The first-order chi connectivity index (χ1) is 14.0. The molecule has 3 aromatic heterocycles. The van der Waals surface area contributed by atoms with Gasteiger partial charge in [0.25, 0.3) is 5.56 Å². The molecular formula is C21H24F2N4O2. The van der Waals surface area contributed by atoms with Crippen LogP contribution in [0.25, 0.3) is 22.0 Å². The molecule has 1 aliphatic carbocycles. The lowest BCUT2D eigenvalue weighted by atomic mass is 10.0. The molecule has 1 saturated carbocycles. The number of nitrogens with one attached hydrogen (secondary N) is 1. The van der Waals surface area contributed by atoms with E-state index in [4.69, 9.17) is 0 Å². The minimum Gasteiger partial charge on any atom is -0.313 e. The number of amides is 1. The zero-order valence-corrected chi connectivity index (χ0v) is 16.3. The smallest absolute Gasteiger partial charge is 0.259 e. The number of pyridine rings is 3. The Hall–Kier alpha value is -3.16. The highest BCUT2D eigenvalue weighted by molar-refractivity contribution is 5.87. The van der Waals surface area contributed by atoms with Crippen molar-refractivity contribution in [3.63, 3.8) is 0 Å². The first-order valence-corrected chi connectivity index (χ1v) is 9.40. The van der Waals surface area contributed by atoms with Crippen LogP contribution in [0.5, 0.6) is 0 Å². The van der Waals surface area contributed by atoms with E-state index in [0.717, 1.165) is 24.4 Å². The fourth-order valence-corrected chi connectivity index (χ4v) is 3.12. The molecule has 29 heavy (non-hydrogen) atoms. The van der Waals surface area contributed by atoms with Gasteiger partial charge in [-0.2, -0.15) is 0 Å². The minimum atomic E-state index is -0.445. The van der Waals surface area contributed by atoms with Crippen molar-refractivity contribution in [1.82, 2.24) is 14.5 Å². The van der Waals surface area contributed by atoms with Crippen molar-refractivity contribution in [2.24, 2.45) is 5.92 Å². The van der Waals surface area contributed by atoms with Gasteiger partial charge in [0.2, 0.25) is 6.41 Å². The van der Waals surface area contributed by atoms with E-state index in [-0.39, 0.29) is 13.7 Å². The van der Waals surface area contributed by atoms with E-state index < -0.39 is 5.82 Å². The van der Waals surface area contributed by atoms with E-state index in [9.17, 15) is 18.4 Å². The molecule has 8 heteroatoms. The van der Waals surface area contributed by atoms with Crippen molar-refractivity contribution in [3.8, 4) is 11.1 Å². The zero-order valence-electron chi connectivity index (χ0n) is 16.3. The predicted octanol–water partition coefficient (Wildman–Crippen LogP) is 4.11. The maximum absolute atomic E-state index is 13.9. The van der Waals surface area contributed by atoms with Gasteiger partial charge in [0.1, 0.15) is 11.6 Å². The molecule has 1 amide bonds. The molecule has 154 valence electrons. The van der Waals surface area contributed by atoms with Crippen LogP contribution < -0.4 is 10.9 Å². The van der Waals surface area contributed by atoms with Gasteiger partial charge in [0.05, 0.1) is 18.4 Å². The average molecular weight is 402 g/mol. The number of anilines is 1. The molecule has 0 spiro atoms. The molecule has 1 N–H and O–H groups in total. The number of carbonyl (C=O) groups excluding carboxylic acids is 1. The molecule has 1 fully saturated rings. The highest BCUT2D eigenvalue weighted by Crippen LogP contribution is 2.32. The van der Waals surface area contributed by atoms with Crippen LogP contribution in [-0.2, 0) is 11.3 Å². The summed E-state index contributed by atoms with van der Waals surface area (Å²) >= 11 is 0. The molecule has 0 unspecified atom stereocenters. The number of hydrogen-bond donors (Lipinski definition) is 1. The van der Waals surface area contributed by atoms with Crippen LogP contribution in [0.2, 0.25) is 0 Å². The van der Waals surface area contributed by atoms with Crippen LogP contribution >= 0.6 is 0 Å².